The molecule has 2 heterocycles. The number of nitrogens with zero attached hydrogens (tertiary/aromatic N) is 4. The molecule has 10 nitrogen and oxygen atoms in total. The summed E-state index contributed by atoms with van der Waals surface area (Å²) >= 11 is 0. The number of carbonyl (C=O) groups is 3. The Morgan fingerprint density at radius 3 is 2.47 bits per heavy atom. The van der Waals surface area contributed by atoms with Crippen molar-refractivity contribution in [2.75, 3.05) is 5.32 Å². The zero-order valence-corrected chi connectivity index (χ0v) is 20.7. The lowest BCUT2D eigenvalue weighted by atomic mass is 9.72. The van der Waals surface area contributed by atoms with E-state index in [2.05, 4.69) is 21.5 Å². The van der Waals surface area contributed by atoms with E-state index in [1.54, 1.807) is 35.9 Å². The molecule has 1 aromatic carbocycles. The Hall–Kier alpha value is -4.59. The molecule has 4 rings (SSSR count). The van der Waals surface area contributed by atoms with Gasteiger partial charge in [-0.2, -0.15) is 10.4 Å². The van der Waals surface area contributed by atoms with Crippen LogP contribution in [0.1, 0.15) is 60.3 Å². The van der Waals surface area contributed by atoms with Crippen LogP contribution >= 0.6 is 0 Å². The highest BCUT2D eigenvalue weighted by Gasteiger charge is 2.39. The molecule has 2 aromatic heterocycles. The molecule has 0 spiro atoms. The molecule has 0 radical (unpaired) electrons. The molecular weight excluding hydrogens is 493 g/mol. The molecule has 0 saturated heterocycles. The number of benzene rings is 1. The topological polar surface area (TPSA) is 147 Å². The molecule has 1 amide bonds. The largest absolute Gasteiger partial charge is 0.481 e. The number of aromatic nitrogens is 3. The SMILES string of the molecule is Cc1c(C(=O)Nc2ccc(C3(C#N)CCC(OC(=O)CCC(=O)O)CC3)nc2)cnn1-c1ccc(F)cc1. The standard InChI is InChI=1S/C27H26FN5O5/c1-17-22(15-31-33(17)20-5-2-18(28)3-6-20)26(37)32-19-4-7-23(30-14-19)27(16-29)12-10-21(11-13-27)38-25(36)9-8-24(34)35/h2-7,14-15,21H,8-13H2,1H3,(H,32,37)(H,34,35). The van der Waals surface area contributed by atoms with Crippen molar-refractivity contribution in [3.8, 4) is 11.8 Å². The first-order valence-electron chi connectivity index (χ1n) is 12.1. The van der Waals surface area contributed by atoms with E-state index in [4.69, 9.17) is 9.84 Å². The summed E-state index contributed by atoms with van der Waals surface area (Å²) in [4.78, 5) is 39.8. The quantitative estimate of drug-likeness (QED) is 0.423. The van der Waals surface area contributed by atoms with Crippen LogP contribution < -0.4 is 5.32 Å². The van der Waals surface area contributed by atoms with Crippen molar-refractivity contribution >= 4 is 23.5 Å². The number of nitriles is 1. The third kappa shape index (κ3) is 5.86. The number of pyridine rings is 1. The number of anilines is 1. The Morgan fingerprint density at radius 1 is 1.16 bits per heavy atom. The highest BCUT2D eigenvalue weighted by molar-refractivity contribution is 6.04. The summed E-state index contributed by atoms with van der Waals surface area (Å²) in [6.07, 6.45) is 3.88. The summed E-state index contributed by atoms with van der Waals surface area (Å²) in [5, 5.41) is 25.7. The number of carboxylic acids is 1. The van der Waals surface area contributed by atoms with Gasteiger partial charge in [0.05, 0.1) is 65.0 Å². The highest BCUT2D eigenvalue weighted by atomic mass is 19.1. The molecule has 1 saturated carbocycles. The van der Waals surface area contributed by atoms with Gasteiger partial charge in [-0.1, -0.05) is 0 Å². The molecule has 0 atom stereocenters. The van der Waals surface area contributed by atoms with Gasteiger partial charge < -0.3 is 15.2 Å². The molecule has 0 aliphatic heterocycles. The fourth-order valence-corrected chi connectivity index (χ4v) is 4.51. The van der Waals surface area contributed by atoms with Crippen LogP contribution in [0.2, 0.25) is 0 Å². The van der Waals surface area contributed by atoms with E-state index in [0.717, 1.165) is 0 Å². The van der Waals surface area contributed by atoms with Crippen LogP contribution in [0.15, 0.2) is 48.8 Å². The van der Waals surface area contributed by atoms with Crippen LogP contribution in [0, 0.1) is 24.1 Å². The van der Waals surface area contributed by atoms with Gasteiger partial charge >= 0.3 is 11.9 Å². The normalized spacial score (nSPS) is 18.8. The second-order valence-corrected chi connectivity index (χ2v) is 9.19. The zero-order valence-electron chi connectivity index (χ0n) is 20.7. The Balaban J connectivity index is 1.38. The first-order chi connectivity index (χ1) is 18.2. The average molecular weight is 520 g/mol. The van der Waals surface area contributed by atoms with Gasteiger partial charge in [-0.25, -0.2) is 9.07 Å². The number of rotatable bonds is 8. The number of nitrogens with one attached hydrogen (secondary N) is 1. The minimum atomic E-state index is -1.06. The molecule has 11 heteroatoms. The number of hydrogen-bond acceptors (Lipinski definition) is 7. The predicted molar refractivity (Wildman–Crippen MR) is 133 cm³/mol. The smallest absolute Gasteiger partial charge is 0.306 e. The van der Waals surface area contributed by atoms with Crippen molar-refractivity contribution in [2.24, 2.45) is 0 Å². The van der Waals surface area contributed by atoms with Gasteiger partial charge in [0, 0.05) is 0 Å². The number of esters is 1. The van der Waals surface area contributed by atoms with Gasteiger partial charge in [0.15, 0.2) is 0 Å². The van der Waals surface area contributed by atoms with E-state index in [1.165, 1.54) is 24.5 Å². The number of amides is 1. The third-order valence-corrected chi connectivity index (χ3v) is 6.68. The average Bonchev–Trinajstić information content (AvgIpc) is 3.30. The highest BCUT2D eigenvalue weighted by Crippen LogP contribution is 2.39. The molecule has 0 bridgehead atoms. The fraction of sp³-hybridized carbons (Fsp3) is 0.333. The first kappa shape index (κ1) is 26.5. The van der Waals surface area contributed by atoms with E-state index in [-0.39, 0.29) is 30.7 Å². The van der Waals surface area contributed by atoms with Crippen molar-refractivity contribution in [1.29, 1.82) is 5.26 Å². The number of aliphatic carboxylic acids is 1. The van der Waals surface area contributed by atoms with Gasteiger partial charge in [-0.15, -0.1) is 0 Å². The Morgan fingerprint density at radius 2 is 1.87 bits per heavy atom. The molecular formula is C27H26FN5O5. The summed E-state index contributed by atoms with van der Waals surface area (Å²) in [5.41, 5.74) is 1.72. The minimum absolute atomic E-state index is 0.184. The fourth-order valence-electron chi connectivity index (χ4n) is 4.51. The van der Waals surface area contributed by atoms with Crippen LogP contribution in [0.3, 0.4) is 0 Å². The number of carboxylic acid groups (broad SMARTS) is 1. The van der Waals surface area contributed by atoms with Crippen molar-refractivity contribution in [2.45, 2.75) is 57.0 Å². The van der Waals surface area contributed by atoms with E-state index in [1.807, 2.05) is 0 Å². The molecule has 1 aliphatic rings. The molecule has 1 aliphatic carbocycles. The van der Waals surface area contributed by atoms with Crippen LogP contribution in [0.25, 0.3) is 5.69 Å². The lowest BCUT2D eigenvalue weighted by Crippen LogP contribution is -2.35. The molecule has 196 valence electrons. The number of halogens is 1. The number of carbonyl (C=O) groups excluding carboxylic acids is 2. The van der Waals surface area contributed by atoms with Crippen LogP contribution in [-0.2, 0) is 19.7 Å². The second kappa shape index (κ2) is 11.2. The second-order valence-electron chi connectivity index (χ2n) is 9.19. The maximum absolute atomic E-state index is 13.2. The van der Waals surface area contributed by atoms with Gasteiger partial charge in [0.1, 0.15) is 11.9 Å². The molecule has 1 fully saturated rings. The number of hydrogen-bond donors (Lipinski definition) is 2. The predicted octanol–water partition coefficient (Wildman–Crippen LogP) is 4.08. The lowest BCUT2D eigenvalue weighted by molar-refractivity contribution is -0.153. The Labute approximate surface area is 218 Å². The third-order valence-electron chi connectivity index (χ3n) is 6.68. The van der Waals surface area contributed by atoms with Gasteiger partial charge in [-0.3, -0.25) is 19.4 Å². The number of ether oxygens (including phenoxy) is 1. The molecule has 38 heavy (non-hydrogen) atoms. The monoisotopic (exact) mass is 519 g/mol. The Bertz CT molecular complexity index is 1370. The summed E-state index contributed by atoms with van der Waals surface area (Å²) < 4.78 is 20.1. The van der Waals surface area contributed by atoms with E-state index in [0.29, 0.717) is 54.0 Å². The van der Waals surface area contributed by atoms with Crippen molar-refractivity contribution in [3.63, 3.8) is 0 Å². The van der Waals surface area contributed by atoms with E-state index in [9.17, 15) is 24.0 Å². The lowest BCUT2D eigenvalue weighted by Gasteiger charge is -2.34. The minimum Gasteiger partial charge on any atom is -0.481 e. The van der Waals surface area contributed by atoms with Gasteiger partial charge in [-0.05, 0) is 69.0 Å². The van der Waals surface area contributed by atoms with Crippen LogP contribution in [-0.4, -0.2) is 43.8 Å². The van der Waals surface area contributed by atoms with Crippen LogP contribution in [0.5, 0.6) is 0 Å². The maximum atomic E-state index is 13.2. The summed E-state index contributed by atoms with van der Waals surface area (Å²) in [5.74, 6) is -2.37. The van der Waals surface area contributed by atoms with E-state index >= 15 is 0 Å². The molecule has 2 N–H and O–H groups in total. The maximum Gasteiger partial charge on any atom is 0.306 e. The van der Waals surface area contributed by atoms with Gasteiger partial charge in [0.25, 0.3) is 5.91 Å². The zero-order chi connectivity index (χ0) is 27.3. The summed E-state index contributed by atoms with van der Waals surface area (Å²) in [6, 6.07) is 11.5. The Kier molecular flexibility index (Phi) is 7.81. The van der Waals surface area contributed by atoms with Crippen molar-refractivity contribution in [3.05, 3.63) is 71.6 Å². The van der Waals surface area contributed by atoms with Gasteiger partial charge in [0.2, 0.25) is 0 Å². The molecule has 0 unspecified atom stereocenters. The first-order valence-corrected chi connectivity index (χ1v) is 12.1. The molecule has 3 aromatic rings. The van der Waals surface area contributed by atoms with Crippen LogP contribution in [0.4, 0.5) is 10.1 Å². The van der Waals surface area contributed by atoms with Crippen molar-refractivity contribution < 1.29 is 28.6 Å². The van der Waals surface area contributed by atoms with E-state index < -0.39 is 17.4 Å². The summed E-state index contributed by atoms with van der Waals surface area (Å²) in [7, 11) is 0. The van der Waals surface area contributed by atoms with Crippen molar-refractivity contribution in [1.82, 2.24) is 14.8 Å². The summed E-state index contributed by atoms with van der Waals surface area (Å²) in [6.45, 7) is 1.74.